The third-order valence-corrected chi connectivity index (χ3v) is 13.4. The summed E-state index contributed by atoms with van der Waals surface area (Å²) in [5, 5.41) is 0. The van der Waals surface area contributed by atoms with Crippen LogP contribution in [-0.4, -0.2) is 144 Å². The molecule has 300 valence electrons. The van der Waals surface area contributed by atoms with Gasteiger partial charge in [-0.05, 0) is 0 Å². The van der Waals surface area contributed by atoms with Crippen molar-refractivity contribution in [3.63, 3.8) is 0 Å². The molecule has 1 aliphatic rings. The molecule has 1 aliphatic carbocycles. The molecule has 51 heavy (non-hydrogen) atoms. The first kappa shape index (κ1) is 47.6. The van der Waals surface area contributed by atoms with Gasteiger partial charge in [0, 0.05) is 17.3 Å². The molecule has 1 rings (SSSR count). The van der Waals surface area contributed by atoms with Gasteiger partial charge in [0.1, 0.15) is 18.3 Å². The lowest BCUT2D eigenvalue weighted by molar-refractivity contribution is -0.240. The Balaban J connectivity index is 4.07. The molecule has 0 spiro atoms. The highest BCUT2D eigenvalue weighted by Gasteiger charge is 2.62. The van der Waals surface area contributed by atoms with E-state index in [4.69, 9.17) is 14.2 Å². The smallest absolute Gasteiger partial charge is 0.455 e. The molecule has 6 atom stereocenters. The zero-order chi connectivity index (χ0) is 39.8. The van der Waals surface area contributed by atoms with Crippen LogP contribution >= 0.6 is 23.5 Å². The third-order valence-electron chi connectivity index (χ3n) is 6.69. The number of phosphoric ester groups is 3. The standard InChI is InChI=1S/C21H39O24P3S3/c1-4-49(34,35)10-7-13(22)40-16-17(41-14(23)8-11-50(36,37)5-2)19(43-46(25,26)27)21(45-48(31,32)33)20(44-47(28,29)30)18(16)42-15(24)9-12-51(38,39)6-3/h16-21H,4-12H2,1-3H3,(H2,25,26,27)(H2,28,29,30)(H2,31,32,33)/t16?,17-,18+,19-,20-,21?/m0/s1. The molecule has 0 aromatic carbocycles. The molecule has 30 heteroatoms. The predicted molar refractivity (Wildman–Crippen MR) is 167 cm³/mol. The molecule has 24 nitrogen and oxygen atoms in total. The van der Waals surface area contributed by atoms with Crippen LogP contribution in [0.15, 0.2) is 0 Å². The van der Waals surface area contributed by atoms with Gasteiger partial charge < -0.3 is 43.6 Å². The maximum atomic E-state index is 13.0. The number of rotatable bonds is 21. The van der Waals surface area contributed by atoms with Crippen molar-refractivity contribution < 1.29 is 110 Å². The molecule has 0 radical (unpaired) electrons. The Kier molecular flexibility index (Phi) is 17.5. The van der Waals surface area contributed by atoms with Crippen molar-refractivity contribution in [2.45, 2.75) is 76.7 Å². The predicted octanol–water partition coefficient (Wildman–Crippen LogP) is -2.36. The minimum Gasteiger partial charge on any atom is -0.455 e. The van der Waals surface area contributed by atoms with Crippen LogP contribution in [0.3, 0.4) is 0 Å². The van der Waals surface area contributed by atoms with Crippen LogP contribution < -0.4 is 0 Å². The lowest BCUT2D eigenvalue weighted by Crippen LogP contribution is -2.68. The van der Waals surface area contributed by atoms with Gasteiger partial charge in [0.05, 0.1) is 36.5 Å². The van der Waals surface area contributed by atoms with E-state index < -0.39 is 161 Å². The first-order valence-electron chi connectivity index (χ1n) is 14.3. The van der Waals surface area contributed by atoms with Gasteiger partial charge >= 0.3 is 41.4 Å². The lowest BCUT2D eigenvalue weighted by atomic mass is 9.84. The summed E-state index contributed by atoms with van der Waals surface area (Å²) in [4.78, 5) is 96.6. The summed E-state index contributed by atoms with van der Waals surface area (Å²) in [5.74, 6) is -9.00. The van der Waals surface area contributed by atoms with E-state index in [9.17, 15) is 82.7 Å². The molecule has 6 N–H and O–H groups in total. The topological polar surface area (TPSA) is 382 Å². The summed E-state index contributed by atoms with van der Waals surface area (Å²) in [5.41, 5.74) is 0. The average molecular weight is 865 g/mol. The fraction of sp³-hybridized carbons (Fsp3) is 0.857. The molecule has 0 aliphatic heterocycles. The van der Waals surface area contributed by atoms with Crippen molar-refractivity contribution in [2.75, 3.05) is 34.5 Å². The second kappa shape index (κ2) is 18.8. The Morgan fingerprint density at radius 1 is 0.451 bits per heavy atom. The highest BCUT2D eigenvalue weighted by molar-refractivity contribution is 7.91. The minimum absolute atomic E-state index is 0.483. The monoisotopic (exact) mass is 864 g/mol. The molecule has 1 saturated carbocycles. The van der Waals surface area contributed by atoms with Crippen LogP contribution in [-0.2, 0) is 85.4 Å². The van der Waals surface area contributed by atoms with E-state index >= 15 is 0 Å². The molecule has 1 fully saturated rings. The van der Waals surface area contributed by atoms with E-state index in [-0.39, 0.29) is 0 Å². The minimum atomic E-state index is -6.00. The fourth-order valence-corrected chi connectivity index (χ4v) is 8.11. The number of hydrogen-bond acceptors (Lipinski definition) is 18. The van der Waals surface area contributed by atoms with Gasteiger partial charge in [0.2, 0.25) is 0 Å². The average Bonchev–Trinajstić information content (AvgIpc) is 2.97. The maximum Gasteiger partial charge on any atom is 0.470 e. The second-order valence-corrected chi connectivity index (χ2v) is 21.5. The quantitative estimate of drug-likeness (QED) is 0.0399. The number of hydrogen-bond donors (Lipinski definition) is 6. The lowest BCUT2D eigenvalue weighted by Gasteiger charge is -2.47. The Morgan fingerprint density at radius 3 is 0.843 bits per heavy atom. The van der Waals surface area contributed by atoms with Gasteiger partial charge in [-0.3, -0.25) is 28.0 Å². The molecule has 0 heterocycles. The number of sulfone groups is 3. The van der Waals surface area contributed by atoms with Gasteiger partial charge in [-0.25, -0.2) is 38.9 Å². The first-order chi connectivity index (χ1) is 22.9. The van der Waals surface area contributed by atoms with E-state index in [1.54, 1.807) is 0 Å². The largest absolute Gasteiger partial charge is 0.470 e. The van der Waals surface area contributed by atoms with Crippen LogP contribution in [0.1, 0.15) is 40.0 Å². The van der Waals surface area contributed by atoms with Crippen molar-refractivity contribution >= 4 is 70.9 Å². The van der Waals surface area contributed by atoms with Crippen molar-refractivity contribution in [3.05, 3.63) is 0 Å². The van der Waals surface area contributed by atoms with Crippen LogP contribution in [0.4, 0.5) is 0 Å². The van der Waals surface area contributed by atoms with Gasteiger partial charge in [-0.2, -0.15) is 0 Å². The second-order valence-electron chi connectivity index (χ2n) is 10.5. The summed E-state index contributed by atoms with van der Waals surface area (Å²) in [6, 6.07) is 0. The van der Waals surface area contributed by atoms with Crippen molar-refractivity contribution in [1.29, 1.82) is 0 Å². The fourth-order valence-electron chi connectivity index (χ4n) is 4.14. The van der Waals surface area contributed by atoms with Gasteiger partial charge in [0.25, 0.3) is 0 Å². The number of phosphoric acid groups is 3. The number of carbonyl (C=O) groups is 3. The molecule has 0 saturated heterocycles. The summed E-state index contributed by atoms with van der Waals surface area (Å²) in [7, 11) is -29.7. The molecular formula is C21H39O24P3S3. The summed E-state index contributed by atoms with van der Waals surface area (Å²) in [6.45, 7) is 3.62. The highest BCUT2D eigenvalue weighted by Crippen LogP contribution is 2.51. The molecular weight excluding hydrogens is 825 g/mol. The first-order valence-corrected chi connectivity index (χ1v) is 24.4. The van der Waals surface area contributed by atoms with Crippen molar-refractivity contribution in [3.8, 4) is 0 Å². The summed E-state index contributed by atoms with van der Waals surface area (Å²) < 4.78 is 137. The SMILES string of the molecule is CCS(=O)(=O)CCC(=O)OC1[C@@H](OC(=O)CCS(=O)(=O)CC)[C@H](OP(=O)(O)O)C(OP(=O)(O)O)[C@@H](OP(=O)(O)O)[C@H]1OC(=O)CCS(=O)(=O)CC. The Hall–Kier alpha value is -1.41. The van der Waals surface area contributed by atoms with Gasteiger partial charge in [0.15, 0.2) is 47.8 Å². The molecule has 2 unspecified atom stereocenters. The molecule has 0 aromatic rings. The third kappa shape index (κ3) is 18.0. The van der Waals surface area contributed by atoms with Gasteiger partial charge in [-0.15, -0.1) is 0 Å². The molecule has 0 aromatic heterocycles. The normalized spacial score (nSPS) is 23.7. The van der Waals surface area contributed by atoms with E-state index in [0.717, 1.165) is 0 Å². The van der Waals surface area contributed by atoms with Crippen molar-refractivity contribution in [2.24, 2.45) is 0 Å². The Morgan fingerprint density at radius 2 is 0.647 bits per heavy atom. The highest BCUT2D eigenvalue weighted by atomic mass is 32.2. The van der Waals surface area contributed by atoms with E-state index in [1.807, 2.05) is 0 Å². The van der Waals surface area contributed by atoms with E-state index in [0.29, 0.717) is 0 Å². The van der Waals surface area contributed by atoms with E-state index in [2.05, 4.69) is 13.6 Å². The number of carbonyl (C=O) groups excluding carboxylic acids is 3. The van der Waals surface area contributed by atoms with Crippen molar-refractivity contribution in [1.82, 2.24) is 0 Å². The maximum absolute atomic E-state index is 13.0. The zero-order valence-corrected chi connectivity index (χ0v) is 32.1. The molecule has 0 amide bonds. The van der Waals surface area contributed by atoms with Gasteiger partial charge in [-0.1, -0.05) is 20.8 Å². The number of ether oxygens (including phenoxy) is 3. The Labute approximate surface area is 291 Å². The Bertz CT molecular complexity index is 1620. The van der Waals surface area contributed by atoms with E-state index in [1.165, 1.54) is 20.8 Å². The van der Waals surface area contributed by atoms with Crippen LogP contribution in [0.2, 0.25) is 0 Å². The summed E-state index contributed by atoms with van der Waals surface area (Å²) in [6.07, 6.45) is -19.9. The zero-order valence-electron chi connectivity index (χ0n) is 26.9. The van der Waals surface area contributed by atoms with Crippen LogP contribution in [0.5, 0.6) is 0 Å². The van der Waals surface area contributed by atoms with Crippen LogP contribution in [0, 0.1) is 0 Å². The molecule has 0 bridgehead atoms. The van der Waals surface area contributed by atoms with Crippen LogP contribution in [0.25, 0.3) is 0 Å². The summed E-state index contributed by atoms with van der Waals surface area (Å²) >= 11 is 0. The number of esters is 3.